The highest BCUT2D eigenvalue weighted by atomic mass is 35.5. The van der Waals surface area contributed by atoms with Gasteiger partial charge in [0, 0.05) is 5.56 Å². The van der Waals surface area contributed by atoms with Crippen molar-refractivity contribution in [3.8, 4) is 5.88 Å². The SMILES string of the molecule is Cc1nc2sc([C@@H](c3ccccc3Cl)[NH+]3CCOCC3)c(O)n2n1. The van der Waals surface area contributed by atoms with Crippen molar-refractivity contribution in [1.82, 2.24) is 14.6 Å². The highest BCUT2D eigenvalue weighted by Gasteiger charge is 2.34. The molecule has 1 saturated heterocycles. The maximum atomic E-state index is 10.7. The summed E-state index contributed by atoms with van der Waals surface area (Å²) in [7, 11) is 0. The van der Waals surface area contributed by atoms with Crippen LogP contribution in [0.25, 0.3) is 4.96 Å². The van der Waals surface area contributed by atoms with E-state index in [-0.39, 0.29) is 11.9 Å². The van der Waals surface area contributed by atoms with E-state index < -0.39 is 0 Å². The molecule has 3 heterocycles. The van der Waals surface area contributed by atoms with E-state index in [0.717, 1.165) is 23.5 Å². The highest BCUT2D eigenvalue weighted by Crippen LogP contribution is 2.37. The maximum Gasteiger partial charge on any atom is 0.235 e. The van der Waals surface area contributed by atoms with Gasteiger partial charge in [-0.25, -0.2) is 4.98 Å². The fourth-order valence-corrected chi connectivity index (χ4v) is 4.64. The van der Waals surface area contributed by atoms with Crippen molar-refractivity contribution in [2.45, 2.75) is 13.0 Å². The molecule has 2 N–H and O–H groups in total. The summed E-state index contributed by atoms with van der Waals surface area (Å²) < 4.78 is 7.01. The van der Waals surface area contributed by atoms with Gasteiger partial charge in [0.05, 0.1) is 18.2 Å². The van der Waals surface area contributed by atoms with Crippen LogP contribution in [0.5, 0.6) is 5.88 Å². The normalized spacial score (nSPS) is 17.4. The Morgan fingerprint density at radius 1 is 1.33 bits per heavy atom. The van der Waals surface area contributed by atoms with Crippen LogP contribution in [0, 0.1) is 6.92 Å². The quantitative estimate of drug-likeness (QED) is 0.737. The molecule has 1 aliphatic rings. The molecule has 2 aromatic heterocycles. The Morgan fingerprint density at radius 2 is 2.08 bits per heavy atom. The van der Waals surface area contributed by atoms with Crippen LogP contribution >= 0.6 is 22.9 Å². The summed E-state index contributed by atoms with van der Waals surface area (Å²) in [6.45, 7) is 4.95. The zero-order chi connectivity index (χ0) is 16.7. The second kappa shape index (κ2) is 6.33. The van der Waals surface area contributed by atoms with E-state index in [2.05, 4.69) is 10.1 Å². The number of hydrogen-bond donors (Lipinski definition) is 2. The number of nitrogens with one attached hydrogen (secondary N) is 1. The third-order valence-electron chi connectivity index (χ3n) is 4.33. The largest absolute Gasteiger partial charge is 0.492 e. The lowest BCUT2D eigenvalue weighted by Crippen LogP contribution is -3.14. The number of halogens is 1. The Balaban J connectivity index is 1.86. The van der Waals surface area contributed by atoms with E-state index in [4.69, 9.17) is 16.3 Å². The van der Waals surface area contributed by atoms with E-state index in [1.807, 2.05) is 31.2 Å². The summed E-state index contributed by atoms with van der Waals surface area (Å²) in [5.41, 5.74) is 1.01. The van der Waals surface area contributed by atoms with Crippen molar-refractivity contribution < 1.29 is 14.7 Å². The lowest BCUT2D eigenvalue weighted by Gasteiger charge is -2.31. The molecule has 0 aliphatic carbocycles. The molecule has 0 bridgehead atoms. The van der Waals surface area contributed by atoms with E-state index >= 15 is 0 Å². The zero-order valence-corrected chi connectivity index (χ0v) is 14.8. The Kier molecular flexibility index (Phi) is 4.17. The minimum absolute atomic E-state index is 0.0589. The zero-order valence-electron chi connectivity index (χ0n) is 13.2. The first-order valence-electron chi connectivity index (χ1n) is 7.87. The molecular weight excluding hydrogens is 348 g/mol. The van der Waals surface area contributed by atoms with Gasteiger partial charge in [-0.15, -0.1) is 5.10 Å². The Bertz CT molecular complexity index is 872. The summed E-state index contributed by atoms with van der Waals surface area (Å²) >= 11 is 7.95. The van der Waals surface area contributed by atoms with E-state index in [1.54, 1.807) is 0 Å². The second-order valence-electron chi connectivity index (χ2n) is 5.87. The van der Waals surface area contributed by atoms with Gasteiger partial charge >= 0.3 is 0 Å². The number of aryl methyl sites for hydroxylation is 1. The van der Waals surface area contributed by atoms with E-state index in [1.165, 1.54) is 20.8 Å². The fourth-order valence-electron chi connectivity index (χ4n) is 3.21. The number of hydrogen-bond acceptors (Lipinski definition) is 5. The molecular formula is C16H18ClN4O2S+. The molecule has 0 saturated carbocycles. The number of rotatable bonds is 3. The van der Waals surface area contributed by atoms with Crippen LogP contribution in [-0.2, 0) is 4.74 Å². The average Bonchev–Trinajstić information content (AvgIpc) is 3.09. The van der Waals surface area contributed by atoms with Crippen molar-refractivity contribution in [3.05, 3.63) is 45.6 Å². The van der Waals surface area contributed by atoms with Gasteiger partial charge in [-0.3, -0.25) is 0 Å². The first-order chi connectivity index (χ1) is 11.6. The van der Waals surface area contributed by atoms with Gasteiger partial charge in [0.25, 0.3) is 0 Å². The predicted molar refractivity (Wildman–Crippen MR) is 92.1 cm³/mol. The van der Waals surface area contributed by atoms with Crippen molar-refractivity contribution >= 4 is 27.9 Å². The van der Waals surface area contributed by atoms with Crippen LogP contribution < -0.4 is 4.90 Å². The first kappa shape index (κ1) is 15.8. The van der Waals surface area contributed by atoms with Crippen molar-refractivity contribution in [2.24, 2.45) is 0 Å². The van der Waals surface area contributed by atoms with E-state index in [0.29, 0.717) is 29.0 Å². The Labute approximate surface area is 148 Å². The summed E-state index contributed by atoms with van der Waals surface area (Å²) in [6, 6.07) is 7.75. The van der Waals surface area contributed by atoms with Crippen LogP contribution in [0.2, 0.25) is 5.02 Å². The number of benzene rings is 1. The molecule has 1 aliphatic heterocycles. The molecule has 4 rings (SSSR count). The smallest absolute Gasteiger partial charge is 0.235 e. The number of nitrogens with zero attached hydrogens (tertiary/aromatic N) is 3. The fraction of sp³-hybridized carbons (Fsp3) is 0.375. The average molecular weight is 366 g/mol. The molecule has 0 unspecified atom stereocenters. The van der Waals surface area contributed by atoms with Gasteiger partial charge in [0.15, 0.2) is 6.04 Å². The highest BCUT2D eigenvalue weighted by molar-refractivity contribution is 7.17. The number of ether oxygens (including phenoxy) is 1. The molecule has 1 fully saturated rings. The first-order valence-corrected chi connectivity index (χ1v) is 9.06. The van der Waals surface area contributed by atoms with Gasteiger partial charge < -0.3 is 14.7 Å². The summed E-state index contributed by atoms with van der Waals surface area (Å²) in [5, 5.41) is 15.7. The lowest BCUT2D eigenvalue weighted by molar-refractivity contribution is -0.932. The molecule has 3 aromatic rings. The molecule has 1 atom stereocenters. The Morgan fingerprint density at radius 3 is 2.79 bits per heavy atom. The summed E-state index contributed by atoms with van der Waals surface area (Å²) in [4.78, 5) is 7.25. The molecule has 1 aromatic carbocycles. The van der Waals surface area contributed by atoms with Gasteiger partial charge in [-0.1, -0.05) is 41.1 Å². The minimum atomic E-state index is -0.0589. The van der Waals surface area contributed by atoms with Crippen molar-refractivity contribution in [2.75, 3.05) is 26.3 Å². The number of fused-ring (bicyclic) bond motifs is 1. The topological polar surface area (TPSA) is 64.1 Å². The lowest BCUT2D eigenvalue weighted by atomic mass is 10.0. The number of thiazole rings is 1. The number of aromatic nitrogens is 3. The van der Waals surface area contributed by atoms with Crippen LogP contribution in [0.4, 0.5) is 0 Å². The van der Waals surface area contributed by atoms with E-state index in [9.17, 15) is 5.11 Å². The van der Waals surface area contributed by atoms with Crippen molar-refractivity contribution in [3.63, 3.8) is 0 Å². The second-order valence-corrected chi connectivity index (χ2v) is 7.28. The molecule has 0 amide bonds. The van der Waals surface area contributed by atoms with Gasteiger partial charge in [0.2, 0.25) is 10.8 Å². The molecule has 6 nitrogen and oxygen atoms in total. The minimum Gasteiger partial charge on any atom is -0.492 e. The number of aromatic hydroxyl groups is 1. The van der Waals surface area contributed by atoms with Gasteiger partial charge in [0.1, 0.15) is 23.8 Å². The van der Waals surface area contributed by atoms with Gasteiger partial charge in [-0.2, -0.15) is 4.52 Å². The molecule has 24 heavy (non-hydrogen) atoms. The van der Waals surface area contributed by atoms with Crippen LogP contribution in [0.1, 0.15) is 22.3 Å². The molecule has 126 valence electrons. The van der Waals surface area contributed by atoms with Gasteiger partial charge in [-0.05, 0) is 13.0 Å². The predicted octanol–water partition coefficient (Wildman–Crippen LogP) is 1.46. The maximum absolute atomic E-state index is 10.7. The third kappa shape index (κ3) is 2.67. The summed E-state index contributed by atoms with van der Waals surface area (Å²) in [5.74, 6) is 0.802. The van der Waals surface area contributed by atoms with Crippen LogP contribution in [-0.4, -0.2) is 46.0 Å². The number of morpholine rings is 1. The van der Waals surface area contributed by atoms with Crippen molar-refractivity contribution in [1.29, 1.82) is 0 Å². The number of quaternary nitrogens is 1. The molecule has 0 spiro atoms. The standard InChI is InChI=1S/C16H17ClN4O2S/c1-10-18-16-21(19-10)15(22)14(24-16)13(20-6-8-23-9-7-20)11-4-2-3-5-12(11)17/h2-5,13,22H,6-9H2,1H3/p+1/t13-/m1/s1. The Hall–Kier alpha value is -1.67. The molecule has 8 heteroatoms. The third-order valence-corrected chi connectivity index (χ3v) is 5.76. The molecule has 0 radical (unpaired) electrons. The van der Waals surface area contributed by atoms with Crippen LogP contribution in [0.15, 0.2) is 24.3 Å². The monoisotopic (exact) mass is 365 g/mol. The summed E-state index contributed by atoms with van der Waals surface area (Å²) in [6.07, 6.45) is 0. The van der Waals surface area contributed by atoms with Crippen LogP contribution in [0.3, 0.4) is 0 Å².